The Morgan fingerprint density at radius 3 is 2.45 bits per heavy atom. The van der Waals surface area contributed by atoms with Crippen molar-refractivity contribution in [1.29, 1.82) is 0 Å². The molecule has 1 aromatic heterocycles. The minimum atomic E-state index is -3.17. The predicted octanol–water partition coefficient (Wildman–Crippen LogP) is 3.71. The molecular formula is C21H28FN3O2S2. The number of rotatable bonds is 4. The SMILES string of the molecule is CC(C)c1nc2c(s1)CN(Cc1ccc(F)cc1)CC21CCN(S(C)(=O)=O)CC1. The summed E-state index contributed by atoms with van der Waals surface area (Å²) in [5, 5.41) is 1.16. The molecule has 1 saturated heterocycles. The second-order valence-corrected chi connectivity index (χ2v) is 11.8. The molecule has 29 heavy (non-hydrogen) atoms. The highest BCUT2D eigenvalue weighted by Gasteiger charge is 2.45. The number of nitrogens with zero attached hydrogens (tertiary/aromatic N) is 3. The van der Waals surface area contributed by atoms with E-state index in [4.69, 9.17) is 4.98 Å². The van der Waals surface area contributed by atoms with Crippen LogP contribution in [0.5, 0.6) is 0 Å². The number of sulfonamides is 1. The minimum Gasteiger partial charge on any atom is -0.293 e. The van der Waals surface area contributed by atoms with Gasteiger partial charge >= 0.3 is 0 Å². The van der Waals surface area contributed by atoms with Crippen molar-refractivity contribution in [2.75, 3.05) is 25.9 Å². The van der Waals surface area contributed by atoms with Crippen molar-refractivity contribution in [2.24, 2.45) is 0 Å². The van der Waals surface area contributed by atoms with Gasteiger partial charge in [0.25, 0.3) is 0 Å². The molecule has 1 fully saturated rings. The van der Waals surface area contributed by atoms with Gasteiger partial charge < -0.3 is 0 Å². The van der Waals surface area contributed by atoms with Crippen molar-refractivity contribution in [3.8, 4) is 0 Å². The maximum absolute atomic E-state index is 13.3. The van der Waals surface area contributed by atoms with Crippen molar-refractivity contribution in [2.45, 2.75) is 51.1 Å². The highest BCUT2D eigenvalue weighted by Crippen LogP contribution is 2.44. The molecule has 4 rings (SSSR count). The van der Waals surface area contributed by atoms with Crippen LogP contribution in [0.4, 0.5) is 4.39 Å². The molecule has 0 unspecified atom stereocenters. The van der Waals surface area contributed by atoms with E-state index in [1.165, 1.54) is 29.0 Å². The van der Waals surface area contributed by atoms with E-state index in [2.05, 4.69) is 18.7 Å². The van der Waals surface area contributed by atoms with Crippen LogP contribution < -0.4 is 0 Å². The van der Waals surface area contributed by atoms with Crippen LogP contribution in [0.25, 0.3) is 0 Å². The van der Waals surface area contributed by atoms with E-state index in [1.807, 2.05) is 12.1 Å². The maximum atomic E-state index is 13.3. The molecule has 2 aliphatic rings. The first kappa shape index (κ1) is 20.9. The van der Waals surface area contributed by atoms with Crippen molar-refractivity contribution in [1.82, 2.24) is 14.2 Å². The lowest BCUT2D eigenvalue weighted by Gasteiger charge is -2.46. The fourth-order valence-electron chi connectivity index (χ4n) is 4.50. The first-order valence-electron chi connectivity index (χ1n) is 10.1. The highest BCUT2D eigenvalue weighted by molar-refractivity contribution is 7.88. The predicted molar refractivity (Wildman–Crippen MR) is 114 cm³/mol. The molecule has 0 radical (unpaired) electrons. The van der Waals surface area contributed by atoms with Crippen LogP contribution in [0, 0.1) is 5.82 Å². The fraction of sp³-hybridized carbons (Fsp3) is 0.571. The maximum Gasteiger partial charge on any atom is 0.211 e. The molecule has 0 atom stereocenters. The third-order valence-electron chi connectivity index (χ3n) is 6.07. The van der Waals surface area contributed by atoms with Gasteiger partial charge in [-0.2, -0.15) is 0 Å². The van der Waals surface area contributed by atoms with Gasteiger partial charge in [-0.05, 0) is 30.5 Å². The van der Waals surface area contributed by atoms with Crippen molar-refractivity contribution in [3.05, 3.63) is 51.2 Å². The zero-order valence-electron chi connectivity index (χ0n) is 17.2. The third kappa shape index (κ3) is 4.26. The number of hydrogen-bond acceptors (Lipinski definition) is 5. The minimum absolute atomic E-state index is 0.113. The largest absolute Gasteiger partial charge is 0.293 e. The molecule has 5 nitrogen and oxygen atoms in total. The Bertz CT molecular complexity index is 978. The van der Waals surface area contributed by atoms with Crippen LogP contribution in [-0.4, -0.2) is 48.5 Å². The van der Waals surface area contributed by atoms with E-state index in [-0.39, 0.29) is 11.2 Å². The van der Waals surface area contributed by atoms with E-state index in [0.29, 0.717) is 19.0 Å². The van der Waals surface area contributed by atoms with Crippen LogP contribution in [0.1, 0.15) is 53.7 Å². The molecule has 1 spiro atoms. The van der Waals surface area contributed by atoms with E-state index >= 15 is 0 Å². The molecule has 8 heteroatoms. The second kappa shape index (κ2) is 7.72. The Hall–Kier alpha value is -1.35. The highest BCUT2D eigenvalue weighted by atomic mass is 32.2. The number of hydrogen-bond donors (Lipinski definition) is 0. The van der Waals surface area contributed by atoms with Gasteiger partial charge in [-0.15, -0.1) is 11.3 Å². The molecule has 0 saturated carbocycles. The van der Waals surface area contributed by atoms with E-state index in [0.717, 1.165) is 43.0 Å². The van der Waals surface area contributed by atoms with Gasteiger partial charge in [0.2, 0.25) is 10.0 Å². The number of halogens is 1. The Balaban J connectivity index is 1.63. The lowest BCUT2D eigenvalue weighted by molar-refractivity contribution is 0.120. The Kier molecular flexibility index (Phi) is 5.57. The lowest BCUT2D eigenvalue weighted by atomic mass is 9.73. The van der Waals surface area contributed by atoms with Crippen LogP contribution >= 0.6 is 11.3 Å². The first-order valence-corrected chi connectivity index (χ1v) is 12.7. The van der Waals surface area contributed by atoms with Gasteiger partial charge in [0.1, 0.15) is 5.82 Å². The third-order valence-corrected chi connectivity index (χ3v) is 8.72. The number of benzene rings is 1. The summed E-state index contributed by atoms with van der Waals surface area (Å²) in [4.78, 5) is 8.75. The standard InChI is InChI=1S/C21H28FN3O2S2/c1-15(2)20-23-19-18(28-20)13-24(12-16-4-6-17(22)7-5-16)14-21(19)8-10-25(11-9-21)29(3,26)27/h4-7,15H,8-14H2,1-3H3. The molecule has 2 aliphatic heterocycles. The van der Waals surface area contributed by atoms with Gasteiger partial charge in [0.05, 0.1) is 17.0 Å². The first-order chi connectivity index (χ1) is 13.7. The summed E-state index contributed by atoms with van der Waals surface area (Å²) in [7, 11) is -3.17. The van der Waals surface area contributed by atoms with Gasteiger partial charge in [-0.1, -0.05) is 26.0 Å². The summed E-state index contributed by atoms with van der Waals surface area (Å²) >= 11 is 1.79. The quantitative estimate of drug-likeness (QED) is 0.732. The Morgan fingerprint density at radius 1 is 1.21 bits per heavy atom. The Morgan fingerprint density at radius 2 is 1.86 bits per heavy atom. The molecule has 0 bridgehead atoms. The number of thiazole rings is 1. The van der Waals surface area contributed by atoms with Crippen molar-refractivity contribution in [3.63, 3.8) is 0 Å². The summed E-state index contributed by atoms with van der Waals surface area (Å²) in [5.41, 5.74) is 2.17. The summed E-state index contributed by atoms with van der Waals surface area (Å²) in [6, 6.07) is 6.70. The smallest absolute Gasteiger partial charge is 0.211 e. The fourth-order valence-corrected chi connectivity index (χ4v) is 6.58. The molecule has 2 aromatic rings. The normalized spacial score (nSPS) is 20.3. The zero-order chi connectivity index (χ0) is 20.8. The van der Waals surface area contributed by atoms with Crippen molar-refractivity contribution >= 4 is 21.4 Å². The summed E-state index contributed by atoms with van der Waals surface area (Å²) in [6.45, 7) is 7.87. The number of piperidine rings is 1. The van der Waals surface area contributed by atoms with Crippen molar-refractivity contribution < 1.29 is 12.8 Å². The molecule has 3 heterocycles. The summed E-state index contributed by atoms with van der Waals surface area (Å²) < 4.78 is 38.9. The van der Waals surface area contributed by atoms with Gasteiger partial charge in [0, 0.05) is 48.9 Å². The van der Waals surface area contributed by atoms with Gasteiger partial charge in [-0.3, -0.25) is 4.90 Å². The Labute approximate surface area is 176 Å². The van der Waals surface area contributed by atoms with E-state index < -0.39 is 10.0 Å². The van der Waals surface area contributed by atoms with Gasteiger partial charge in [-0.25, -0.2) is 22.1 Å². The topological polar surface area (TPSA) is 53.5 Å². The average Bonchev–Trinajstić information content (AvgIpc) is 3.09. The zero-order valence-corrected chi connectivity index (χ0v) is 18.8. The monoisotopic (exact) mass is 437 g/mol. The number of aromatic nitrogens is 1. The molecule has 158 valence electrons. The lowest BCUT2D eigenvalue weighted by Crippen LogP contribution is -2.52. The van der Waals surface area contributed by atoms with Crippen LogP contribution in [-0.2, 0) is 28.5 Å². The van der Waals surface area contributed by atoms with Crippen LogP contribution in [0.3, 0.4) is 0 Å². The van der Waals surface area contributed by atoms with Gasteiger partial charge in [0.15, 0.2) is 0 Å². The summed E-state index contributed by atoms with van der Waals surface area (Å²) in [6.07, 6.45) is 2.86. The molecule has 1 aromatic carbocycles. The summed E-state index contributed by atoms with van der Waals surface area (Å²) in [5.74, 6) is 0.160. The average molecular weight is 438 g/mol. The van der Waals surface area contributed by atoms with E-state index in [9.17, 15) is 12.8 Å². The second-order valence-electron chi connectivity index (χ2n) is 8.69. The van der Waals surface area contributed by atoms with Crippen LogP contribution in [0.2, 0.25) is 0 Å². The molecule has 0 amide bonds. The molecule has 0 N–H and O–H groups in total. The molecular weight excluding hydrogens is 409 g/mol. The van der Waals surface area contributed by atoms with Crippen LogP contribution in [0.15, 0.2) is 24.3 Å². The number of fused-ring (bicyclic) bond motifs is 2. The molecule has 0 aliphatic carbocycles. The van der Waals surface area contributed by atoms with E-state index in [1.54, 1.807) is 15.6 Å².